The van der Waals surface area contributed by atoms with Gasteiger partial charge in [0.2, 0.25) is 10.0 Å². The monoisotopic (exact) mass is 232 g/mol. The summed E-state index contributed by atoms with van der Waals surface area (Å²) in [5, 5.41) is 0. The van der Waals surface area contributed by atoms with Crippen molar-refractivity contribution in [2.75, 3.05) is 33.4 Å². The Bertz CT molecular complexity index is 384. The number of rotatable bonds is 2. The van der Waals surface area contributed by atoms with Gasteiger partial charge in [0.05, 0.1) is 6.26 Å². The van der Waals surface area contributed by atoms with Gasteiger partial charge in [-0.3, -0.25) is 4.79 Å². The van der Waals surface area contributed by atoms with Gasteiger partial charge >= 0.3 is 0 Å². The van der Waals surface area contributed by atoms with E-state index in [1.165, 1.54) is 4.31 Å². The molecule has 0 spiro atoms. The van der Waals surface area contributed by atoms with E-state index in [1.54, 1.807) is 25.2 Å². The summed E-state index contributed by atoms with van der Waals surface area (Å²) < 4.78 is 23.9. The standard InChI is InChI=1S/C9H16N2O3S/c1-10(2)6-8-7-11(15(3,13)14)5-4-9(8)12/h6H,4-5,7H2,1-3H3/b8-6-. The van der Waals surface area contributed by atoms with Gasteiger partial charge in [0.15, 0.2) is 5.78 Å². The number of piperidine rings is 1. The Morgan fingerprint density at radius 1 is 1.40 bits per heavy atom. The Morgan fingerprint density at radius 2 is 2.00 bits per heavy atom. The van der Waals surface area contributed by atoms with Crippen LogP contribution in [-0.4, -0.2) is 56.8 Å². The minimum Gasteiger partial charge on any atom is -0.383 e. The molecule has 0 aliphatic carbocycles. The highest BCUT2D eigenvalue weighted by Crippen LogP contribution is 2.14. The zero-order valence-electron chi connectivity index (χ0n) is 9.23. The molecule has 1 aliphatic rings. The summed E-state index contributed by atoms with van der Waals surface area (Å²) in [4.78, 5) is 13.2. The van der Waals surface area contributed by atoms with Gasteiger partial charge in [0, 0.05) is 45.4 Å². The zero-order valence-corrected chi connectivity index (χ0v) is 10.0. The van der Waals surface area contributed by atoms with E-state index in [9.17, 15) is 13.2 Å². The molecular formula is C9H16N2O3S. The molecule has 0 atom stereocenters. The first-order chi connectivity index (χ1) is 6.80. The average Bonchev–Trinajstić information content (AvgIpc) is 2.06. The molecular weight excluding hydrogens is 216 g/mol. The van der Waals surface area contributed by atoms with Gasteiger partial charge in [-0.2, -0.15) is 4.31 Å². The van der Waals surface area contributed by atoms with Crippen LogP contribution in [0.5, 0.6) is 0 Å². The molecule has 1 aliphatic heterocycles. The number of hydrogen-bond donors (Lipinski definition) is 0. The van der Waals surface area contributed by atoms with E-state index in [1.807, 2.05) is 0 Å². The third kappa shape index (κ3) is 3.32. The second-order valence-electron chi connectivity index (χ2n) is 3.89. The SMILES string of the molecule is CN(C)/C=C1/CN(S(C)(=O)=O)CCC1=O. The lowest BCUT2D eigenvalue weighted by Crippen LogP contribution is -2.39. The van der Waals surface area contributed by atoms with E-state index in [4.69, 9.17) is 0 Å². The Balaban J connectivity index is 2.87. The third-order valence-corrected chi connectivity index (χ3v) is 3.43. The van der Waals surface area contributed by atoms with Crippen molar-refractivity contribution in [2.24, 2.45) is 0 Å². The summed E-state index contributed by atoms with van der Waals surface area (Å²) in [5.41, 5.74) is 0.552. The van der Waals surface area contributed by atoms with Crippen LogP contribution in [0.2, 0.25) is 0 Å². The molecule has 15 heavy (non-hydrogen) atoms. The van der Waals surface area contributed by atoms with Crippen LogP contribution >= 0.6 is 0 Å². The summed E-state index contributed by atoms with van der Waals surface area (Å²) in [5.74, 6) is 0.0311. The van der Waals surface area contributed by atoms with Crippen molar-refractivity contribution in [3.63, 3.8) is 0 Å². The maximum atomic E-state index is 11.5. The van der Waals surface area contributed by atoms with Gasteiger partial charge in [0.25, 0.3) is 0 Å². The van der Waals surface area contributed by atoms with Gasteiger partial charge in [-0.15, -0.1) is 0 Å². The number of nitrogens with zero attached hydrogens (tertiary/aromatic N) is 2. The van der Waals surface area contributed by atoms with Crippen molar-refractivity contribution < 1.29 is 13.2 Å². The quantitative estimate of drug-likeness (QED) is 0.612. The minimum atomic E-state index is -3.20. The van der Waals surface area contributed by atoms with Crippen LogP contribution in [0.3, 0.4) is 0 Å². The minimum absolute atomic E-state index is 0.0311. The fourth-order valence-electron chi connectivity index (χ4n) is 1.45. The van der Waals surface area contributed by atoms with Gasteiger partial charge in [-0.25, -0.2) is 8.42 Å². The lowest BCUT2D eigenvalue weighted by molar-refractivity contribution is -0.116. The number of carbonyl (C=O) groups is 1. The van der Waals surface area contributed by atoms with E-state index in [0.29, 0.717) is 12.1 Å². The number of Topliss-reactive ketones (excluding diaryl/α,β-unsaturated/α-hetero) is 1. The number of ketones is 1. The summed E-state index contributed by atoms with van der Waals surface area (Å²) in [7, 11) is 0.414. The first-order valence-corrected chi connectivity index (χ1v) is 6.51. The Morgan fingerprint density at radius 3 is 2.47 bits per heavy atom. The lowest BCUT2D eigenvalue weighted by Gasteiger charge is -2.26. The van der Waals surface area contributed by atoms with Gasteiger partial charge in [-0.05, 0) is 0 Å². The molecule has 1 saturated heterocycles. The highest BCUT2D eigenvalue weighted by molar-refractivity contribution is 7.88. The van der Waals surface area contributed by atoms with Gasteiger partial charge < -0.3 is 4.90 Å². The Labute approximate surface area is 90.4 Å². The summed E-state index contributed by atoms with van der Waals surface area (Å²) in [6.07, 6.45) is 3.11. The van der Waals surface area contributed by atoms with Crippen molar-refractivity contribution in [1.29, 1.82) is 0 Å². The van der Waals surface area contributed by atoms with Crippen molar-refractivity contribution in [3.05, 3.63) is 11.8 Å². The predicted molar refractivity (Wildman–Crippen MR) is 57.8 cm³/mol. The predicted octanol–water partition coefficient (Wildman–Crippen LogP) is -0.334. The van der Waals surface area contributed by atoms with E-state index in [2.05, 4.69) is 0 Å². The van der Waals surface area contributed by atoms with Crippen LogP contribution in [0.15, 0.2) is 11.8 Å². The number of hydrogen-bond acceptors (Lipinski definition) is 4. The molecule has 6 heteroatoms. The van der Waals surface area contributed by atoms with Crippen LogP contribution < -0.4 is 0 Å². The largest absolute Gasteiger partial charge is 0.383 e. The van der Waals surface area contributed by atoms with Gasteiger partial charge in [0.1, 0.15) is 0 Å². The normalized spacial score (nSPS) is 22.1. The lowest BCUT2D eigenvalue weighted by atomic mass is 10.1. The molecule has 0 aromatic heterocycles. The van der Waals surface area contributed by atoms with E-state index in [0.717, 1.165) is 6.26 Å². The Hall–Kier alpha value is -0.880. The number of sulfonamides is 1. The molecule has 0 amide bonds. The molecule has 0 N–H and O–H groups in total. The molecule has 5 nitrogen and oxygen atoms in total. The van der Waals surface area contributed by atoms with Crippen LogP contribution in [0.25, 0.3) is 0 Å². The van der Waals surface area contributed by atoms with Crippen LogP contribution in [0.1, 0.15) is 6.42 Å². The van der Waals surface area contributed by atoms with E-state index in [-0.39, 0.29) is 18.7 Å². The zero-order chi connectivity index (χ0) is 11.6. The average molecular weight is 232 g/mol. The van der Waals surface area contributed by atoms with Crippen LogP contribution in [-0.2, 0) is 14.8 Å². The molecule has 86 valence electrons. The first kappa shape index (κ1) is 12.2. The Kier molecular flexibility index (Phi) is 3.51. The maximum absolute atomic E-state index is 11.5. The van der Waals surface area contributed by atoms with Crippen molar-refractivity contribution in [3.8, 4) is 0 Å². The third-order valence-electron chi connectivity index (χ3n) is 2.18. The highest BCUT2D eigenvalue weighted by Gasteiger charge is 2.26. The topological polar surface area (TPSA) is 57.7 Å². The molecule has 0 saturated carbocycles. The van der Waals surface area contributed by atoms with E-state index < -0.39 is 10.0 Å². The summed E-state index contributed by atoms with van der Waals surface area (Å²) >= 11 is 0. The summed E-state index contributed by atoms with van der Waals surface area (Å²) in [6.45, 7) is 0.484. The molecule has 0 unspecified atom stereocenters. The van der Waals surface area contributed by atoms with Gasteiger partial charge in [-0.1, -0.05) is 0 Å². The fourth-order valence-corrected chi connectivity index (χ4v) is 2.25. The second kappa shape index (κ2) is 4.32. The molecule has 0 aromatic rings. The second-order valence-corrected chi connectivity index (χ2v) is 5.87. The fraction of sp³-hybridized carbons (Fsp3) is 0.667. The molecule has 1 fully saturated rings. The molecule has 0 aromatic carbocycles. The molecule has 1 heterocycles. The van der Waals surface area contributed by atoms with Crippen LogP contribution in [0.4, 0.5) is 0 Å². The molecule has 1 rings (SSSR count). The highest BCUT2D eigenvalue weighted by atomic mass is 32.2. The van der Waals surface area contributed by atoms with Crippen molar-refractivity contribution in [2.45, 2.75) is 6.42 Å². The maximum Gasteiger partial charge on any atom is 0.211 e. The smallest absolute Gasteiger partial charge is 0.211 e. The first-order valence-electron chi connectivity index (χ1n) is 4.66. The molecule has 0 radical (unpaired) electrons. The van der Waals surface area contributed by atoms with Crippen molar-refractivity contribution in [1.82, 2.24) is 9.21 Å². The summed E-state index contributed by atoms with van der Waals surface area (Å²) in [6, 6.07) is 0. The molecule has 0 bridgehead atoms. The number of carbonyl (C=O) groups excluding carboxylic acids is 1. The van der Waals surface area contributed by atoms with Crippen LogP contribution in [0, 0.1) is 0 Å². The van der Waals surface area contributed by atoms with Crippen molar-refractivity contribution >= 4 is 15.8 Å². The van der Waals surface area contributed by atoms with E-state index >= 15 is 0 Å².